The topological polar surface area (TPSA) is 61.4 Å². The predicted molar refractivity (Wildman–Crippen MR) is 81.9 cm³/mol. The highest BCUT2D eigenvalue weighted by atomic mass is 16.3. The molecule has 0 radical (unpaired) electrons. The molecule has 1 aliphatic heterocycles. The molecule has 21 heavy (non-hydrogen) atoms. The number of amides is 1. The van der Waals surface area contributed by atoms with Crippen LogP contribution in [-0.4, -0.2) is 30.2 Å². The van der Waals surface area contributed by atoms with E-state index < -0.39 is 6.10 Å². The Morgan fingerprint density at radius 1 is 1.48 bits per heavy atom. The first-order valence-corrected chi connectivity index (χ1v) is 7.94. The lowest BCUT2D eigenvalue weighted by Gasteiger charge is -2.29. The van der Waals surface area contributed by atoms with E-state index in [2.05, 4.69) is 17.6 Å². The van der Waals surface area contributed by atoms with Crippen molar-refractivity contribution < 1.29 is 9.90 Å². The zero-order valence-electron chi connectivity index (χ0n) is 12.6. The van der Waals surface area contributed by atoms with Crippen LogP contribution in [0.3, 0.4) is 0 Å². The molecule has 3 rings (SSSR count). The molecule has 1 aliphatic carbocycles. The number of aliphatic hydroxyl groups excluding tert-OH is 1. The SMILES string of the molecule is CCCC1(C(=O)N[C@H]2c3ccccc3C[C@H]2O)CCNC1. The smallest absolute Gasteiger partial charge is 0.228 e. The minimum Gasteiger partial charge on any atom is -0.390 e. The first-order chi connectivity index (χ1) is 10.2. The number of benzene rings is 1. The molecular weight excluding hydrogens is 264 g/mol. The Hall–Kier alpha value is -1.39. The lowest BCUT2D eigenvalue weighted by Crippen LogP contribution is -2.45. The monoisotopic (exact) mass is 288 g/mol. The van der Waals surface area contributed by atoms with Crippen molar-refractivity contribution in [3.63, 3.8) is 0 Å². The molecule has 4 nitrogen and oxygen atoms in total. The zero-order valence-corrected chi connectivity index (χ0v) is 12.6. The van der Waals surface area contributed by atoms with Crippen LogP contribution < -0.4 is 10.6 Å². The van der Waals surface area contributed by atoms with Crippen molar-refractivity contribution in [3.05, 3.63) is 35.4 Å². The zero-order chi connectivity index (χ0) is 14.9. The Bertz CT molecular complexity index is 523. The van der Waals surface area contributed by atoms with Gasteiger partial charge in [0.15, 0.2) is 0 Å². The van der Waals surface area contributed by atoms with Gasteiger partial charge in [-0.2, -0.15) is 0 Å². The van der Waals surface area contributed by atoms with Crippen LogP contribution in [0.1, 0.15) is 43.4 Å². The number of fused-ring (bicyclic) bond motifs is 1. The van der Waals surface area contributed by atoms with E-state index in [1.165, 1.54) is 0 Å². The molecule has 1 amide bonds. The van der Waals surface area contributed by atoms with Crippen LogP contribution in [0.2, 0.25) is 0 Å². The molecule has 1 saturated heterocycles. The van der Waals surface area contributed by atoms with Gasteiger partial charge in [0.2, 0.25) is 5.91 Å². The van der Waals surface area contributed by atoms with Gasteiger partial charge in [-0.05, 0) is 30.5 Å². The number of hydrogen-bond donors (Lipinski definition) is 3. The predicted octanol–water partition coefficient (Wildman–Crippen LogP) is 1.54. The van der Waals surface area contributed by atoms with Crippen molar-refractivity contribution in [1.29, 1.82) is 0 Å². The number of carbonyl (C=O) groups excluding carboxylic acids is 1. The summed E-state index contributed by atoms with van der Waals surface area (Å²) in [5.74, 6) is 0.0927. The molecule has 1 aromatic rings. The Morgan fingerprint density at radius 3 is 3.00 bits per heavy atom. The van der Waals surface area contributed by atoms with Crippen LogP contribution in [0, 0.1) is 5.41 Å². The van der Waals surface area contributed by atoms with Gasteiger partial charge in [0, 0.05) is 13.0 Å². The quantitative estimate of drug-likeness (QED) is 0.787. The molecule has 114 valence electrons. The number of carbonyl (C=O) groups is 1. The van der Waals surface area contributed by atoms with Gasteiger partial charge in [0.25, 0.3) is 0 Å². The van der Waals surface area contributed by atoms with Crippen molar-refractivity contribution in [2.75, 3.05) is 13.1 Å². The van der Waals surface area contributed by atoms with Crippen molar-refractivity contribution in [1.82, 2.24) is 10.6 Å². The Balaban J connectivity index is 1.78. The lowest BCUT2D eigenvalue weighted by molar-refractivity contribution is -0.132. The third kappa shape index (κ3) is 2.58. The van der Waals surface area contributed by atoms with E-state index in [9.17, 15) is 9.90 Å². The van der Waals surface area contributed by atoms with Crippen LogP contribution >= 0.6 is 0 Å². The minimum atomic E-state index is -0.514. The molecule has 3 atom stereocenters. The summed E-state index contributed by atoms with van der Waals surface area (Å²) in [7, 11) is 0. The van der Waals surface area contributed by atoms with Gasteiger partial charge in [-0.1, -0.05) is 37.6 Å². The van der Waals surface area contributed by atoms with Crippen LogP contribution in [0.5, 0.6) is 0 Å². The van der Waals surface area contributed by atoms with Gasteiger partial charge in [-0.3, -0.25) is 4.79 Å². The first kappa shape index (κ1) is 14.5. The van der Waals surface area contributed by atoms with Crippen LogP contribution in [0.25, 0.3) is 0 Å². The number of aliphatic hydroxyl groups is 1. The van der Waals surface area contributed by atoms with E-state index in [-0.39, 0.29) is 17.4 Å². The fraction of sp³-hybridized carbons (Fsp3) is 0.588. The summed E-state index contributed by atoms with van der Waals surface area (Å²) in [6, 6.07) is 7.73. The maximum Gasteiger partial charge on any atom is 0.228 e. The molecule has 0 spiro atoms. The number of nitrogens with one attached hydrogen (secondary N) is 2. The highest BCUT2D eigenvalue weighted by Crippen LogP contribution is 2.35. The normalized spacial score (nSPS) is 31.1. The Kier molecular flexibility index (Phi) is 4.00. The molecule has 3 N–H and O–H groups in total. The first-order valence-electron chi connectivity index (χ1n) is 7.94. The summed E-state index contributed by atoms with van der Waals surface area (Å²) in [4.78, 5) is 12.8. The van der Waals surface area contributed by atoms with Crippen molar-refractivity contribution in [3.8, 4) is 0 Å². The molecule has 2 aliphatic rings. The van der Waals surface area contributed by atoms with E-state index in [0.717, 1.165) is 43.5 Å². The third-order valence-electron chi connectivity index (χ3n) is 4.94. The lowest BCUT2D eigenvalue weighted by atomic mass is 9.81. The van der Waals surface area contributed by atoms with Gasteiger partial charge >= 0.3 is 0 Å². The second-order valence-corrected chi connectivity index (χ2v) is 6.38. The van der Waals surface area contributed by atoms with Crippen LogP contribution in [-0.2, 0) is 11.2 Å². The molecule has 4 heteroatoms. The molecule has 0 bridgehead atoms. The maximum atomic E-state index is 12.8. The van der Waals surface area contributed by atoms with E-state index in [0.29, 0.717) is 6.42 Å². The summed E-state index contributed by atoms with van der Waals surface area (Å²) in [5.41, 5.74) is 1.91. The largest absolute Gasteiger partial charge is 0.390 e. The molecular formula is C17H24N2O2. The van der Waals surface area contributed by atoms with E-state index >= 15 is 0 Å². The van der Waals surface area contributed by atoms with Crippen molar-refractivity contribution in [2.45, 2.75) is 44.8 Å². The highest BCUT2D eigenvalue weighted by molar-refractivity contribution is 5.84. The molecule has 1 fully saturated rings. The Labute approximate surface area is 125 Å². The third-order valence-corrected chi connectivity index (χ3v) is 4.94. The summed E-state index contributed by atoms with van der Waals surface area (Å²) in [6.45, 7) is 3.77. The van der Waals surface area contributed by atoms with Gasteiger partial charge in [-0.15, -0.1) is 0 Å². The average molecular weight is 288 g/mol. The van der Waals surface area contributed by atoms with Gasteiger partial charge in [0.1, 0.15) is 0 Å². The standard InChI is InChI=1S/C17H24N2O2/c1-2-7-17(8-9-18-11-17)16(21)19-15-13-6-4-3-5-12(13)10-14(15)20/h3-6,14-15,18,20H,2,7-11H2,1H3,(H,19,21)/t14-,15+,17?/m1/s1. The number of rotatable bonds is 4. The molecule has 1 aromatic carbocycles. The minimum absolute atomic E-state index is 0.0927. The fourth-order valence-electron chi connectivity index (χ4n) is 3.79. The van der Waals surface area contributed by atoms with Gasteiger partial charge in [-0.25, -0.2) is 0 Å². The van der Waals surface area contributed by atoms with Crippen molar-refractivity contribution in [2.24, 2.45) is 5.41 Å². The van der Waals surface area contributed by atoms with E-state index in [4.69, 9.17) is 0 Å². The Morgan fingerprint density at radius 2 is 2.29 bits per heavy atom. The summed E-state index contributed by atoms with van der Waals surface area (Å²) in [6.07, 6.45) is 2.89. The fourth-order valence-corrected chi connectivity index (χ4v) is 3.79. The van der Waals surface area contributed by atoms with Crippen molar-refractivity contribution >= 4 is 5.91 Å². The summed E-state index contributed by atoms with van der Waals surface area (Å²) >= 11 is 0. The summed E-state index contributed by atoms with van der Waals surface area (Å²) in [5, 5.41) is 16.7. The van der Waals surface area contributed by atoms with E-state index in [1.807, 2.05) is 24.3 Å². The van der Waals surface area contributed by atoms with Crippen LogP contribution in [0.4, 0.5) is 0 Å². The molecule has 0 saturated carbocycles. The van der Waals surface area contributed by atoms with E-state index in [1.54, 1.807) is 0 Å². The second-order valence-electron chi connectivity index (χ2n) is 6.38. The molecule has 1 unspecified atom stereocenters. The second kappa shape index (κ2) is 5.78. The average Bonchev–Trinajstić information content (AvgIpc) is 3.06. The number of hydrogen-bond acceptors (Lipinski definition) is 3. The summed E-state index contributed by atoms with van der Waals surface area (Å²) < 4.78 is 0. The van der Waals surface area contributed by atoms with Gasteiger partial charge < -0.3 is 15.7 Å². The van der Waals surface area contributed by atoms with Crippen LogP contribution in [0.15, 0.2) is 24.3 Å². The maximum absolute atomic E-state index is 12.8. The highest BCUT2D eigenvalue weighted by Gasteiger charge is 2.42. The molecule has 1 heterocycles. The van der Waals surface area contributed by atoms with Gasteiger partial charge in [0.05, 0.1) is 17.6 Å². The molecule has 0 aromatic heterocycles.